The summed E-state index contributed by atoms with van der Waals surface area (Å²) in [6.07, 6.45) is 0. The van der Waals surface area contributed by atoms with Crippen LogP contribution < -0.4 is 16.4 Å². The van der Waals surface area contributed by atoms with Gasteiger partial charge >= 0.3 is 0 Å². The Morgan fingerprint density at radius 2 is 1.89 bits per heavy atom. The number of aryl methyl sites for hydroxylation is 1. The number of anilines is 1. The summed E-state index contributed by atoms with van der Waals surface area (Å²) in [5, 5.41) is 5.34. The van der Waals surface area contributed by atoms with Crippen LogP contribution in [0.4, 0.5) is 5.69 Å². The zero-order valence-electron chi connectivity index (χ0n) is 11.8. The Morgan fingerprint density at radius 1 is 1.26 bits per heavy atom. The zero-order chi connectivity index (χ0) is 14.6. The predicted molar refractivity (Wildman–Crippen MR) is 76.0 cm³/mol. The fourth-order valence-corrected chi connectivity index (χ4v) is 1.61. The monoisotopic (exact) mass is 263 g/mol. The summed E-state index contributed by atoms with van der Waals surface area (Å²) in [6.45, 7) is 5.63. The van der Waals surface area contributed by atoms with Crippen molar-refractivity contribution in [2.75, 3.05) is 12.4 Å². The minimum Gasteiger partial charge on any atom is -0.355 e. The Balaban J connectivity index is 2.86. The molecule has 5 heteroatoms. The van der Waals surface area contributed by atoms with Crippen molar-refractivity contribution in [2.45, 2.75) is 26.8 Å². The standard InChI is InChI=1S/C14H21N3O2/c1-8(2)12(15)14(19)17-11-6-5-10(7-9(11)3)13(18)16-4/h5-8,12H,15H2,1-4H3,(H,16,18)(H,17,19). The third kappa shape index (κ3) is 3.79. The molecule has 4 N–H and O–H groups in total. The Kier molecular flexibility index (Phi) is 5.06. The van der Waals surface area contributed by atoms with Gasteiger partial charge in [0, 0.05) is 18.3 Å². The molecule has 0 saturated heterocycles. The predicted octanol–water partition coefficient (Wildman–Crippen LogP) is 1.28. The molecule has 0 heterocycles. The molecule has 0 radical (unpaired) electrons. The maximum Gasteiger partial charge on any atom is 0.251 e. The summed E-state index contributed by atoms with van der Waals surface area (Å²) in [4.78, 5) is 23.3. The highest BCUT2D eigenvalue weighted by Crippen LogP contribution is 2.17. The van der Waals surface area contributed by atoms with Crippen LogP contribution >= 0.6 is 0 Å². The molecule has 0 fully saturated rings. The van der Waals surface area contributed by atoms with Crippen molar-refractivity contribution in [3.8, 4) is 0 Å². The second kappa shape index (κ2) is 6.33. The highest BCUT2D eigenvalue weighted by Gasteiger charge is 2.18. The smallest absolute Gasteiger partial charge is 0.251 e. The third-order valence-electron chi connectivity index (χ3n) is 2.99. The molecule has 0 saturated carbocycles. The molecule has 0 aliphatic carbocycles. The third-order valence-corrected chi connectivity index (χ3v) is 2.99. The normalized spacial score (nSPS) is 12.1. The van der Waals surface area contributed by atoms with E-state index in [1.165, 1.54) is 0 Å². The van der Waals surface area contributed by atoms with Crippen LogP contribution in [-0.2, 0) is 4.79 Å². The SMILES string of the molecule is CNC(=O)c1ccc(NC(=O)C(N)C(C)C)c(C)c1. The van der Waals surface area contributed by atoms with Gasteiger partial charge in [-0.25, -0.2) is 0 Å². The molecule has 5 nitrogen and oxygen atoms in total. The van der Waals surface area contributed by atoms with Crippen molar-refractivity contribution in [2.24, 2.45) is 11.7 Å². The van der Waals surface area contributed by atoms with Gasteiger partial charge in [0.1, 0.15) is 0 Å². The van der Waals surface area contributed by atoms with E-state index in [1.807, 2.05) is 20.8 Å². The molecule has 1 aromatic rings. The number of rotatable bonds is 4. The van der Waals surface area contributed by atoms with Gasteiger partial charge in [0.25, 0.3) is 5.91 Å². The van der Waals surface area contributed by atoms with E-state index in [0.717, 1.165) is 5.56 Å². The molecule has 0 spiro atoms. The van der Waals surface area contributed by atoms with Crippen LogP contribution in [0.15, 0.2) is 18.2 Å². The quantitative estimate of drug-likeness (QED) is 0.765. The summed E-state index contributed by atoms with van der Waals surface area (Å²) in [6, 6.07) is 4.57. The molecule has 1 aromatic carbocycles. The highest BCUT2D eigenvalue weighted by atomic mass is 16.2. The molecular weight excluding hydrogens is 242 g/mol. The van der Waals surface area contributed by atoms with Gasteiger partial charge < -0.3 is 16.4 Å². The fourth-order valence-electron chi connectivity index (χ4n) is 1.61. The first-order valence-electron chi connectivity index (χ1n) is 6.26. The average molecular weight is 263 g/mol. The summed E-state index contributed by atoms with van der Waals surface area (Å²) < 4.78 is 0. The van der Waals surface area contributed by atoms with Gasteiger partial charge in [-0.05, 0) is 36.6 Å². The molecule has 0 aromatic heterocycles. The summed E-state index contributed by atoms with van der Waals surface area (Å²) in [5.41, 5.74) is 7.84. The van der Waals surface area contributed by atoms with Crippen LogP contribution in [0.5, 0.6) is 0 Å². The van der Waals surface area contributed by atoms with Gasteiger partial charge in [0.05, 0.1) is 6.04 Å². The van der Waals surface area contributed by atoms with Gasteiger partial charge in [-0.3, -0.25) is 9.59 Å². The first kappa shape index (κ1) is 15.2. The number of nitrogens with one attached hydrogen (secondary N) is 2. The molecule has 1 atom stereocenters. The largest absolute Gasteiger partial charge is 0.355 e. The van der Waals surface area contributed by atoms with E-state index in [1.54, 1.807) is 25.2 Å². The first-order chi connectivity index (χ1) is 8.86. The number of hydrogen-bond acceptors (Lipinski definition) is 3. The maximum absolute atomic E-state index is 11.9. The van der Waals surface area contributed by atoms with Crippen LogP contribution in [0.25, 0.3) is 0 Å². The van der Waals surface area contributed by atoms with Gasteiger partial charge in [0.2, 0.25) is 5.91 Å². The van der Waals surface area contributed by atoms with E-state index in [4.69, 9.17) is 5.73 Å². The Hall–Kier alpha value is -1.88. The molecular formula is C14H21N3O2. The highest BCUT2D eigenvalue weighted by molar-refractivity contribution is 5.97. The molecule has 2 amide bonds. The Morgan fingerprint density at radius 3 is 2.37 bits per heavy atom. The van der Waals surface area contributed by atoms with Crippen LogP contribution in [0.3, 0.4) is 0 Å². The van der Waals surface area contributed by atoms with Crippen molar-refractivity contribution < 1.29 is 9.59 Å². The van der Waals surface area contributed by atoms with Crippen molar-refractivity contribution in [3.63, 3.8) is 0 Å². The lowest BCUT2D eigenvalue weighted by molar-refractivity contribution is -0.118. The molecule has 19 heavy (non-hydrogen) atoms. The number of carbonyl (C=O) groups excluding carboxylic acids is 2. The lowest BCUT2D eigenvalue weighted by atomic mass is 10.0. The van der Waals surface area contributed by atoms with Crippen molar-refractivity contribution >= 4 is 17.5 Å². The number of amides is 2. The lowest BCUT2D eigenvalue weighted by Gasteiger charge is -2.16. The molecule has 0 aliphatic heterocycles. The zero-order valence-corrected chi connectivity index (χ0v) is 11.8. The number of carbonyl (C=O) groups is 2. The average Bonchev–Trinajstić information content (AvgIpc) is 2.38. The van der Waals surface area contributed by atoms with Crippen molar-refractivity contribution in [3.05, 3.63) is 29.3 Å². The van der Waals surface area contributed by atoms with Crippen molar-refractivity contribution in [1.29, 1.82) is 0 Å². The summed E-state index contributed by atoms with van der Waals surface area (Å²) >= 11 is 0. The minimum atomic E-state index is -0.544. The van der Waals surface area contributed by atoms with E-state index in [9.17, 15) is 9.59 Å². The first-order valence-corrected chi connectivity index (χ1v) is 6.26. The van der Waals surface area contributed by atoms with Gasteiger partial charge in [-0.15, -0.1) is 0 Å². The minimum absolute atomic E-state index is 0.0745. The fraction of sp³-hybridized carbons (Fsp3) is 0.429. The van der Waals surface area contributed by atoms with Gasteiger partial charge in [0.15, 0.2) is 0 Å². The van der Waals surface area contributed by atoms with Crippen molar-refractivity contribution in [1.82, 2.24) is 5.32 Å². The molecule has 1 unspecified atom stereocenters. The van der Waals surface area contributed by atoms with Crippen LogP contribution in [0.1, 0.15) is 29.8 Å². The van der Waals surface area contributed by atoms with E-state index in [0.29, 0.717) is 11.3 Å². The topological polar surface area (TPSA) is 84.2 Å². The maximum atomic E-state index is 11.9. The van der Waals surface area contributed by atoms with E-state index in [-0.39, 0.29) is 17.7 Å². The van der Waals surface area contributed by atoms with Crippen LogP contribution in [-0.4, -0.2) is 24.9 Å². The number of benzene rings is 1. The summed E-state index contributed by atoms with van der Waals surface area (Å²) in [5.74, 6) is -0.295. The molecule has 104 valence electrons. The molecule has 1 rings (SSSR count). The summed E-state index contributed by atoms with van der Waals surface area (Å²) in [7, 11) is 1.58. The van der Waals surface area contributed by atoms with Gasteiger partial charge in [-0.2, -0.15) is 0 Å². The second-order valence-electron chi connectivity index (χ2n) is 4.87. The Bertz CT molecular complexity index is 484. The van der Waals surface area contributed by atoms with Gasteiger partial charge in [-0.1, -0.05) is 13.8 Å². The Labute approximate surface area is 113 Å². The van der Waals surface area contributed by atoms with Crippen LogP contribution in [0, 0.1) is 12.8 Å². The van der Waals surface area contributed by atoms with Crippen LogP contribution in [0.2, 0.25) is 0 Å². The van der Waals surface area contributed by atoms with E-state index >= 15 is 0 Å². The van der Waals surface area contributed by atoms with E-state index in [2.05, 4.69) is 10.6 Å². The van der Waals surface area contributed by atoms with E-state index < -0.39 is 6.04 Å². The molecule has 0 aliphatic rings. The number of hydrogen-bond donors (Lipinski definition) is 3. The number of nitrogens with two attached hydrogens (primary N) is 1. The molecule has 0 bridgehead atoms. The lowest BCUT2D eigenvalue weighted by Crippen LogP contribution is -2.39. The second-order valence-corrected chi connectivity index (χ2v) is 4.87.